The molecular formula is C23H34N2O. The predicted molar refractivity (Wildman–Crippen MR) is 113 cm³/mol. The summed E-state index contributed by atoms with van der Waals surface area (Å²) in [5, 5.41) is 3.39. The van der Waals surface area contributed by atoms with Crippen molar-refractivity contribution >= 4 is 5.69 Å². The molecule has 0 atom stereocenters. The van der Waals surface area contributed by atoms with Gasteiger partial charge in [-0.05, 0) is 41.2 Å². The molecule has 142 valence electrons. The number of methoxy groups -OCH3 is 1. The van der Waals surface area contributed by atoms with Crippen LogP contribution in [0.2, 0.25) is 0 Å². The van der Waals surface area contributed by atoms with Gasteiger partial charge in [0.2, 0.25) is 0 Å². The quantitative estimate of drug-likeness (QED) is 0.832. The van der Waals surface area contributed by atoms with Gasteiger partial charge in [0.25, 0.3) is 0 Å². The average Bonchev–Trinajstić information content (AvgIpc) is 2.69. The van der Waals surface area contributed by atoms with Crippen molar-refractivity contribution in [2.24, 2.45) is 0 Å². The summed E-state index contributed by atoms with van der Waals surface area (Å²) < 4.78 is 5.05. The van der Waals surface area contributed by atoms with Crippen molar-refractivity contribution in [1.29, 1.82) is 0 Å². The van der Waals surface area contributed by atoms with Crippen LogP contribution in [0.1, 0.15) is 50.7 Å². The molecular weight excluding hydrogens is 320 g/mol. The third-order valence-electron chi connectivity index (χ3n) is 4.80. The first-order valence-corrected chi connectivity index (χ1v) is 9.71. The van der Waals surface area contributed by atoms with Crippen LogP contribution in [0, 0.1) is 0 Å². The Morgan fingerprint density at radius 3 is 2.00 bits per heavy atom. The molecule has 0 unspecified atom stereocenters. The summed E-state index contributed by atoms with van der Waals surface area (Å²) in [5.41, 5.74) is 4.25. The normalized spacial score (nSPS) is 14.2. The second-order valence-corrected chi connectivity index (χ2v) is 7.38. The molecule has 1 heterocycles. The number of nitrogens with one attached hydrogen (secondary N) is 1. The van der Waals surface area contributed by atoms with Gasteiger partial charge in [-0.3, -0.25) is 0 Å². The topological polar surface area (TPSA) is 24.5 Å². The maximum atomic E-state index is 5.05. The molecule has 1 saturated heterocycles. The van der Waals surface area contributed by atoms with E-state index < -0.39 is 0 Å². The van der Waals surface area contributed by atoms with Crippen LogP contribution >= 0.6 is 0 Å². The lowest BCUT2D eigenvalue weighted by Crippen LogP contribution is -2.43. The third-order valence-corrected chi connectivity index (χ3v) is 4.80. The van der Waals surface area contributed by atoms with Crippen molar-refractivity contribution in [2.45, 2.75) is 39.5 Å². The van der Waals surface area contributed by atoms with Gasteiger partial charge >= 0.3 is 0 Å². The minimum Gasteiger partial charge on any atom is -0.497 e. The zero-order chi connectivity index (χ0) is 18.9. The molecule has 1 N–H and O–H groups in total. The fourth-order valence-corrected chi connectivity index (χ4v) is 3.16. The van der Waals surface area contributed by atoms with Crippen molar-refractivity contribution < 1.29 is 4.74 Å². The third kappa shape index (κ3) is 5.77. The number of rotatable bonds is 4. The van der Waals surface area contributed by atoms with Gasteiger partial charge in [-0.25, -0.2) is 0 Å². The zero-order valence-electron chi connectivity index (χ0n) is 17.0. The Morgan fingerprint density at radius 1 is 0.846 bits per heavy atom. The monoisotopic (exact) mass is 354 g/mol. The van der Waals surface area contributed by atoms with Gasteiger partial charge in [0.15, 0.2) is 0 Å². The highest BCUT2D eigenvalue weighted by molar-refractivity contribution is 5.55. The van der Waals surface area contributed by atoms with Gasteiger partial charge in [0, 0.05) is 31.9 Å². The average molecular weight is 355 g/mol. The van der Waals surface area contributed by atoms with Crippen LogP contribution in [0.3, 0.4) is 0 Å². The van der Waals surface area contributed by atoms with Crippen LogP contribution in [-0.2, 0) is 0 Å². The molecule has 3 nitrogen and oxygen atoms in total. The fourth-order valence-electron chi connectivity index (χ4n) is 3.16. The Hall–Kier alpha value is -2.00. The largest absolute Gasteiger partial charge is 0.497 e. The molecule has 0 amide bonds. The van der Waals surface area contributed by atoms with E-state index in [0.29, 0.717) is 11.8 Å². The molecule has 2 aromatic rings. The van der Waals surface area contributed by atoms with Crippen LogP contribution in [0.5, 0.6) is 5.75 Å². The lowest BCUT2D eigenvalue weighted by atomic mass is 10.0. The Morgan fingerprint density at radius 2 is 1.46 bits per heavy atom. The smallest absolute Gasteiger partial charge is 0.118 e. The first-order chi connectivity index (χ1) is 12.5. The summed E-state index contributed by atoms with van der Waals surface area (Å²) in [6, 6.07) is 17.0. The minimum absolute atomic E-state index is 0.598. The maximum Gasteiger partial charge on any atom is 0.118 e. The molecule has 0 aliphatic carbocycles. The first-order valence-electron chi connectivity index (χ1n) is 9.71. The van der Waals surface area contributed by atoms with Crippen molar-refractivity contribution in [3.63, 3.8) is 0 Å². The van der Waals surface area contributed by atoms with Crippen molar-refractivity contribution in [2.75, 3.05) is 38.2 Å². The van der Waals surface area contributed by atoms with Gasteiger partial charge in [0.1, 0.15) is 5.75 Å². The lowest BCUT2D eigenvalue weighted by Gasteiger charge is -2.31. The lowest BCUT2D eigenvalue weighted by molar-refractivity contribution is 0.414. The van der Waals surface area contributed by atoms with Gasteiger partial charge in [0.05, 0.1) is 7.11 Å². The zero-order valence-corrected chi connectivity index (χ0v) is 17.0. The Balaban J connectivity index is 0.000000197. The molecule has 0 bridgehead atoms. The summed E-state index contributed by atoms with van der Waals surface area (Å²) in [4.78, 5) is 2.49. The number of hydrogen-bond donors (Lipinski definition) is 1. The number of ether oxygens (including phenoxy) is 1. The van der Waals surface area contributed by atoms with E-state index in [-0.39, 0.29) is 0 Å². The molecule has 3 rings (SSSR count). The van der Waals surface area contributed by atoms with Crippen LogP contribution in [0.25, 0.3) is 0 Å². The summed E-state index contributed by atoms with van der Waals surface area (Å²) in [5.74, 6) is 2.13. The highest BCUT2D eigenvalue weighted by Gasteiger charge is 2.14. The number of hydrogen-bond acceptors (Lipinski definition) is 3. The van der Waals surface area contributed by atoms with Crippen LogP contribution < -0.4 is 15.0 Å². The summed E-state index contributed by atoms with van der Waals surface area (Å²) in [6.45, 7) is 13.4. The molecule has 26 heavy (non-hydrogen) atoms. The Kier molecular flexibility index (Phi) is 7.99. The number of piperazine rings is 1. The second-order valence-electron chi connectivity index (χ2n) is 7.38. The number of benzene rings is 2. The molecule has 3 heteroatoms. The molecule has 0 saturated carbocycles. The fraction of sp³-hybridized carbons (Fsp3) is 0.478. The van der Waals surface area contributed by atoms with Crippen molar-refractivity contribution in [3.8, 4) is 5.75 Å². The maximum absolute atomic E-state index is 5.05. The van der Waals surface area contributed by atoms with Gasteiger partial charge in [-0.1, -0.05) is 58.0 Å². The van der Waals surface area contributed by atoms with Crippen LogP contribution in [0.15, 0.2) is 48.5 Å². The first kappa shape index (κ1) is 20.3. The van der Waals surface area contributed by atoms with Crippen molar-refractivity contribution in [1.82, 2.24) is 5.32 Å². The van der Waals surface area contributed by atoms with Crippen molar-refractivity contribution in [3.05, 3.63) is 59.7 Å². The second kappa shape index (κ2) is 10.2. The highest BCUT2D eigenvalue weighted by atomic mass is 16.5. The van der Waals surface area contributed by atoms with Crippen LogP contribution in [0.4, 0.5) is 5.69 Å². The van der Waals surface area contributed by atoms with E-state index in [2.05, 4.69) is 74.3 Å². The molecule has 1 fully saturated rings. The van der Waals surface area contributed by atoms with Crippen LogP contribution in [-0.4, -0.2) is 33.3 Å². The Labute approximate surface area is 159 Å². The summed E-state index contributed by atoms with van der Waals surface area (Å²) in [6.07, 6.45) is 0. The standard InChI is InChI=1S/C13H20N2.C10H14O/c1-11(2)12-5-3-4-6-13(12)15-9-7-14-8-10-15;1-8(2)9-4-6-10(11-3)7-5-9/h3-6,11,14H,7-10H2,1-2H3;4-8H,1-3H3. The highest BCUT2D eigenvalue weighted by Crippen LogP contribution is 2.27. The predicted octanol–water partition coefficient (Wildman–Crippen LogP) is 5.04. The van der Waals surface area contributed by atoms with E-state index >= 15 is 0 Å². The minimum atomic E-state index is 0.598. The van der Waals surface area contributed by atoms with Gasteiger partial charge in [-0.15, -0.1) is 0 Å². The van der Waals surface area contributed by atoms with E-state index in [4.69, 9.17) is 4.74 Å². The molecule has 0 aromatic heterocycles. The SMILES string of the molecule is CC(C)c1ccccc1N1CCNCC1.COc1ccc(C(C)C)cc1. The van der Waals surface area contributed by atoms with E-state index in [0.717, 1.165) is 31.9 Å². The number of anilines is 1. The number of para-hydroxylation sites is 1. The van der Waals surface area contributed by atoms with E-state index in [1.807, 2.05) is 12.1 Å². The summed E-state index contributed by atoms with van der Waals surface area (Å²) in [7, 11) is 1.68. The summed E-state index contributed by atoms with van der Waals surface area (Å²) >= 11 is 0. The van der Waals surface area contributed by atoms with Gasteiger partial charge in [-0.2, -0.15) is 0 Å². The number of nitrogens with zero attached hydrogens (tertiary/aromatic N) is 1. The van der Waals surface area contributed by atoms with E-state index in [1.54, 1.807) is 7.11 Å². The van der Waals surface area contributed by atoms with E-state index in [1.165, 1.54) is 16.8 Å². The van der Waals surface area contributed by atoms with Gasteiger partial charge < -0.3 is 15.0 Å². The molecule has 0 spiro atoms. The Bertz CT molecular complexity index is 644. The molecule has 2 aromatic carbocycles. The molecule has 1 aliphatic heterocycles. The van der Waals surface area contributed by atoms with E-state index in [9.17, 15) is 0 Å². The molecule has 1 aliphatic rings. The molecule has 0 radical (unpaired) electrons.